The van der Waals surface area contributed by atoms with Crippen LogP contribution in [0.15, 0.2) is 0 Å². The molecule has 0 bridgehead atoms. The van der Waals surface area contributed by atoms with Gasteiger partial charge in [0, 0.05) is 34.9 Å². The molecular formula is C13H26N2O2S. The van der Waals surface area contributed by atoms with Crippen LogP contribution in [-0.2, 0) is 15.6 Å². The molecule has 0 aromatic rings. The number of nitrogens with one attached hydrogen (secondary N) is 2. The van der Waals surface area contributed by atoms with E-state index in [1.54, 1.807) is 0 Å². The molecule has 4 nitrogen and oxygen atoms in total. The Morgan fingerprint density at radius 1 is 1.22 bits per heavy atom. The number of hydrogen-bond donors (Lipinski definition) is 2. The molecule has 0 aromatic heterocycles. The van der Waals surface area contributed by atoms with Gasteiger partial charge in [0.05, 0.1) is 6.54 Å². The first-order valence-corrected chi connectivity index (χ1v) is 8.56. The molecule has 0 aromatic carbocycles. The second-order valence-corrected chi connectivity index (χ2v) is 6.73. The van der Waals surface area contributed by atoms with Crippen LogP contribution in [-0.4, -0.2) is 40.8 Å². The number of rotatable bonds is 7. The van der Waals surface area contributed by atoms with Gasteiger partial charge in [-0.1, -0.05) is 32.6 Å². The standard InChI is InChI=1S/C13H26N2O2S/c1-2-18(17)10-9-14-11-13(16)15-12-7-5-3-4-6-8-12/h12,14H,2-11H2,1H3,(H,15,16). The Morgan fingerprint density at radius 3 is 2.50 bits per heavy atom. The van der Waals surface area contributed by atoms with E-state index in [0.717, 1.165) is 12.8 Å². The maximum atomic E-state index is 11.7. The number of carbonyl (C=O) groups excluding carboxylic acids is 1. The monoisotopic (exact) mass is 274 g/mol. The van der Waals surface area contributed by atoms with E-state index >= 15 is 0 Å². The highest BCUT2D eigenvalue weighted by molar-refractivity contribution is 7.84. The summed E-state index contributed by atoms with van der Waals surface area (Å²) in [6.45, 7) is 2.91. The summed E-state index contributed by atoms with van der Waals surface area (Å²) >= 11 is 0. The molecule has 2 N–H and O–H groups in total. The molecule has 0 spiro atoms. The van der Waals surface area contributed by atoms with E-state index in [0.29, 0.717) is 30.6 Å². The van der Waals surface area contributed by atoms with Crippen molar-refractivity contribution in [2.75, 3.05) is 24.6 Å². The molecule has 1 amide bonds. The minimum Gasteiger partial charge on any atom is -0.352 e. The topological polar surface area (TPSA) is 58.2 Å². The highest BCUT2D eigenvalue weighted by atomic mass is 32.2. The van der Waals surface area contributed by atoms with Gasteiger partial charge in [-0.2, -0.15) is 0 Å². The van der Waals surface area contributed by atoms with Gasteiger partial charge in [-0.05, 0) is 12.8 Å². The van der Waals surface area contributed by atoms with Crippen molar-refractivity contribution in [3.05, 3.63) is 0 Å². The third kappa shape index (κ3) is 7.11. The lowest BCUT2D eigenvalue weighted by Gasteiger charge is -2.16. The van der Waals surface area contributed by atoms with Gasteiger partial charge < -0.3 is 10.6 Å². The Kier molecular flexibility index (Phi) is 8.25. The number of carbonyl (C=O) groups is 1. The molecule has 0 radical (unpaired) electrons. The van der Waals surface area contributed by atoms with Crippen molar-refractivity contribution in [2.24, 2.45) is 0 Å². The summed E-state index contributed by atoms with van der Waals surface area (Å²) < 4.78 is 11.2. The summed E-state index contributed by atoms with van der Waals surface area (Å²) in [6, 6.07) is 0.367. The summed E-state index contributed by atoms with van der Waals surface area (Å²) in [5.74, 6) is 1.40. The zero-order valence-corrected chi connectivity index (χ0v) is 12.2. The maximum absolute atomic E-state index is 11.7. The van der Waals surface area contributed by atoms with Crippen molar-refractivity contribution in [3.63, 3.8) is 0 Å². The molecule has 1 unspecified atom stereocenters. The molecule has 1 aliphatic rings. The van der Waals surface area contributed by atoms with Gasteiger partial charge in [0.2, 0.25) is 5.91 Å². The summed E-state index contributed by atoms with van der Waals surface area (Å²) in [4.78, 5) is 11.7. The lowest BCUT2D eigenvalue weighted by Crippen LogP contribution is -2.41. The zero-order valence-electron chi connectivity index (χ0n) is 11.4. The van der Waals surface area contributed by atoms with Crippen LogP contribution in [0.25, 0.3) is 0 Å². The molecule has 0 heterocycles. The predicted octanol–water partition coefficient (Wildman–Crippen LogP) is 1.18. The Hall–Kier alpha value is -0.420. The molecule has 1 fully saturated rings. The van der Waals surface area contributed by atoms with Crippen LogP contribution in [0.1, 0.15) is 45.4 Å². The van der Waals surface area contributed by atoms with Gasteiger partial charge in [-0.25, -0.2) is 0 Å². The molecule has 1 atom stereocenters. The van der Waals surface area contributed by atoms with Crippen molar-refractivity contribution in [3.8, 4) is 0 Å². The zero-order chi connectivity index (χ0) is 13.2. The minimum atomic E-state index is -0.744. The highest BCUT2D eigenvalue weighted by Gasteiger charge is 2.14. The lowest BCUT2D eigenvalue weighted by atomic mass is 10.1. The average Bonchev–Trinajstić information content (AvgIpc) is 2.63. The van der Waals surface area contributed by atoms with Crippen LogP contribution in [0.3, 0.4) is 0 Å². The third-order valence-electron chi connectivity index (χ3n) is 3.33. The first-order chi connectivity index (χ1) is 8.72. The Bertz CT molecular complexity index is 264. The Balaban J connectivity index is 2.07. The second-order valence-electron chi connectivity index (χ2n) is 4.87. The van der Waals surface area contributed by atoms with Crippen LogP contribution < -0.4 is 10.6 Å². The molecule has 1 saturated carbocycles. The van der Waals surface area contributed by atoms with E-state index in [9.17, 15) is 9.00 Å². The molecule has 5 heteroatoms. The smallest absolute Gasteiger partial charge is 0.234 e. The fourth-order valence-corrected chi connectivity index (χ4v) is 2.90. The number of hydrogen-bond acceptors (Lipinski definition) is 3. The van der Waals surface area contributed by atoms with E-state index in [1.807, 2.05) is 6.92 Å². The van der Waals surface area contributed by atoms with Gasteiger partial charge in [-0.3, -0.25) is 9.00 Å². The summed E-state index contributed by atoms with van der Waals surface area (Å²) in [6.07, 6.45) is 7.29. The van der Waals surface area contributed by atoms with E-state index < -0.39 is 10.8 Å². The number of amides is 1. The lowest BCUT2D eigenvalue weighted by molar-refractivity contribution is -0.121. The van der Waals surface area contributed by atoms with Crippen LogP contribution >= 0.6 is 0 Å². The van der Waals surface area contributed by atoms with E-state index in [4.69, 9.17) is 0 Å². The van der Waals surface area contributed by atoms with E-state index in [-0.39, 0.29) is 5.91 Å². The minimum absolute atomic E-state index is 0.0733. The highest BCUT2D eigenvalue weighted by Crippen LogP contribution is 2.16. The molecule has 106 valence electrons. The van der Waals surface area contributed by atoms with Crippen molar-refractivity contribution >= 4 is 16.7 Å². The molecule has 0 saturated heterocycles. The third-order valence-corrected chi connectivity index (χ3v) is 4.64. The van der Waals surface area contributed by atoms with Gasteiger partial charge in [0.15, 0.2) is 0 Å². The Morgan fingerprint density at radius 2 is 1.89 bits per heavy atom. The van der Waals surface area contributed by atoms with Crippen molar-refractivity contribution in [2.45, 2.75) is 51.5 Å². The fourth-order valence-electron chi connectivity index (χ4n) is 2.23. The van der Waals surface area contributed by atoms with Gasteiger partial charge in [-0.15, -0.1) is 0 Å². The van der Waals surface area contributed by atoms with Gasteiger partial charge in [0.25, 0.3) is 0 Å². The van der Waals surface area contributed by atoms with E-state index in [1.165, 1.54) is 25.7 Å². The predicted molar refractivity (Wildman–Crippen MR) is 76.1 cm³/mol. The molecule has 1 aliphatic carbocycles. The largest absolute Gasteiger partial charge is 0.352 e. The van der Waals surface area contributed by atoms with Crippen molar-refractivity contribution < 1.29 is 9.00 Å². The average molecular weight is 274 g/mol. The first-order valence-electron chi connectivity index (χ1n) is 7.07. The van der Waals surface area contributed by atoms with Gasteiger partial charge in [0.1, 0.15) is 0 Å². The normalized spacial score (nSPS) is 19.2. The van der Waals surface area contributed by atoms with Crippen LogP contribution in [0.2, 0.25) is 0 Å². The molecule has 1 rings (SSSR count). The molecule has 18 heavy (non-hydrogen) atoms. The van der Waals surface area contributed by atoms with Crippen LogP contribution in [0.5, 0.6) is 0 Å². The molecular weight excluding hydrogens is 248 g/mol. The van der Waals surface area contributed by atoms with Crippen LogP contribution in [0, 0.1) is 0 Å². The Labute approximate surface area is 113 Å². The summed E-state index contributed by atoms with van der Waals surface area (Å²) in [7, 11) is -0.744. The van der Waals surface area contributed by atoms with Crippen molar-refractivity contribution in [1.29, 1.82) is 0 Å². The summed E-state index contributed by atoms with van der Waals surface area (Å²) in [5.41, 5.74) is 0. The van der Waals surface area contributed by atoms with E-state index in [2.05, 4.69) is 10.6 Å². The fraction of sp³-hybridized carbons (Fsp3) is 0.923. The quantitative estimate of drug-likeness (QED) is 0.541. The van der Waals surface area contributed by atoms with Crippen LogP contribution in [0.4, 0.5) is 0 Å². The SMILES string of the molecule is CCS(=O)CCNCC(=O)NC1CCCCCC1. The van der Waals surface area contributed by atoms with Gasteiger partial charge >= 0.3 is 0 Å². The summed E-state index contributed by atoms with van der Waals surface area (Å²) in [5, 5.41) is 6.13. The second kappa shape index (κ2) is 9.50. The van der Waals surface area contributed by atoms with Crippen molar-refractivity contribution in [1.82, 2.24) is 10.6 Å². The molecule has 0 aliphatic heterocycles. The first kappa shape index (κ1) is 15.6. The maximum Gasteiger partial charge on any atom is 0.234 e.